The van der Waals surface area contributed by atoms with E-state index in [0.29, 0.717) is 26.5 Å². The third-order valence-corrected chi connectivity index (χ3v) is 4.88. The zero-order valence-corrected chi connectivity index (χ0v) is 15.9. The summed E-state index contributed by atoms with van der Waals surface area (Å²) in [6.45, 7) is 0. The number of carbonyl (C=O) groups excluding carboxylic acids is 1. The molecule has 25 heavy (non-hydrogen) atoms. The summed E-state index contributed by atoms with van der Waals surface area (Å²) in [7, 11) is 1.51. The number of anilines is 1. The molecule has 1 aromatic heterocycles. The van der Waals surface area contributed by atoms with E-state index in [9.17, 15) is 4.79 Å². The van der Waals surface area contributed by atoms with Gasteiger partial charge in [0.05, 0.1) is 22.3 Å². The van der Waals surface area contributed by atoms with Crippen LogP contribution in [0.5, 0.6) is 5.75 Å². The SMILES string of the molecule is COc1ccc(C(=O)NC(=S)Nc2nc3ccc(Cl)cc3s2)cc1Cl. The molecule has 1 amide bonds. The van der Waals surface area contributed by atoms with Crippen molar-refractivity contribution >= 4 is 73.1 Å². The van der Waals surface area contributed by atoms with Crippen molar-refractivity contribution in [1.29, 1.82) is 0 Å². The van der Waals surface area contributed by atoms with Gasteiger partial charge in [0.25, 0.3) is 5.91 Å². The number of rotatable bonds is 3. The van der Waals surface area contributed by atoms with Crippen LogP contribution in [0.4, 0.5) is 5.13 Å². The number of benzene rings is 2. The first-order valence-corrected chi connectivity index (χ1v) is 8.96. The van der Waals surface area contributed by atoms with E-state index in [2.05, 4.69) is 15.6 Å². The molecule has 0 unspecified atom stereocenters. The van der Waals surface area contributed by atoms with Gasteiger partial charge in [-0.25, -0.2) is 4.98 Å². The lowest BCUT2D eigenvalue weighted by molar-refractivity contribution is 0.0977. The van der Waals surface area contributed by atoms with Crippen molar-refractivity contribution in [1.82, 2.24) is 10.3 Å². The Labute approximate surface area is 162 Å². The van der Waals surface area contributed by atoms with Gasteiger partial charge in [0.2, 0.25) is 0 Å². The van der Waals surface area contributed by atoms with Crippen LogP contribution in [0.15, 0.2) is 36.4 Å². The molecule has 0 radical (unpaired) electrons. The Morgan fingerprint density at radius 3 is 2.76 bits per heavy atom. The Hall–Kier alpha value is -1.93. The molecule has 128 valence electrons. The molecule has 0 atom stereocenters. The first kappa shape index (κ1) is 17.9. The molecule has 0 saturated carbocycles. The van der Waals surface area contributed by atoms with Gasteiger partial charge in [0, 0.05) is 10.6 Å². The second-order valence-electron chi connectivity index (χ2n) is 4.89. The number of thiocarbonyl (C=S) groups is 1. The molecule has 5 nitrogen and oxygen atoms in total. The Bertz CT molecular complexity index is 975. The fraction of sp³-hybridized carbons (Fsp3) is 0.0625. The molecule has 0 aliphatic carbocycles. The van der Waals surface area contributed by atoms with Gasteiger partial charge in [-0.2, -0.15) is 0 Å². The minimum atomic E-state index is -0.383. The lowest BCUT2D eigenvalue weighted by Crippen LogP contribution is -2.34. The molecule has 0 fully saturated rings. The van der Waals surface area contributed by atoms with Gasteiger partial charge in [-0.05, 0) is 48.6 Å². The summed E-state index contributed by atoms with van der Waals surface area (Å²) in [5.74, 6) is 0.110. The number of methoxy groups -OCH3 is 1. The first-order chi connectivity index (χ1) is 12.0. The topological polar surface area (TPSA) is 63.2 Å². The van der Waals surface area contributed by atoms with Crippen LogP contribution >= 0.6 is 46.8 Å². The second-order valence-corrected chi connectivity index (χ2v) is 7.17. The van der Waals surface area contributed by atoms with Crippen molar-refractivity contribution < 1.29 is 9.53 Å². The highest BCUT2D eigenvalue weighted by Crippen LogP contribution is 2.28. The molecule has 2 N–H and O–H groups in total. The third kappa shape index (κ3) is 4.19. The van der Waals surface area contributed by atoms with E-state index in [4.69, 9.17) is 40.2 Å². The highest BCUT2D eigenvalue weighted by Gasteiger charge is 2.12. The fourth-order valence-corrected chi connectivity index (χ4v) is 3.72. The van der Waals surface area contributed by atoms with E-state index in [-0.39, 0.29) is 11.0 Å². The van der Waals surface area contributed by atoms with Crippen LogP contribution in [0.3, 0.4) is 0 Å². The number of carbonyl (C=O) groups is 1. The molecule has 3 aromatic rings. The first-order valence-electron chi connectivity index (χ1n) is 6.98. The van der Waals surface area contributed by atoms with Crippen LogP contribution in [-0.4, -0.2) is 23.1 Å². The van der Waals surface area contributed by atoms with Gasteiger partial charge in [0.15, 0.2) is 10.2 Å². The highest BCUT2D eigenvalue weighted by molar-refractivity contribution is 7.80. The van der Waals surface area contributed by atoms with Crippen LogP contribution in [-0.2, 0) is 0 Å². The number of fused-ring (bicyclic) bond motifs is 1. The number of hydrogen-bond acceptors (Lipinski definition) is 5. The minimum Gasteiger partial charge on any atom is -0.495 e. The number of hydrogen-bond donors (Lipinski definition) is 2. The number of ether oxygens (including phenoxy) is 1. The zero-order valence-electron chi connectivity index (χ0n) is 12.8. The van der Waals surface area contributed by atoms with E-state index in [1.165, 1.54) is 24.5 Å². The smallest absolute Gasteiger partial charge is 0.257 e. The van der Waals surface area contributed by atoms with Gasteiger partial charge in [-0.1, -0.05) is 34.5 Å². The van der Waals surface area contributed by atoms with Crippen LogP contribution in [0.25, 0.3) is 10.2 Å². The summed E-state index contributed by atoms with van der Waals surface area (Å²) in [5, 5.41) is 7.17. The Morgan fingerprint density at radius 1 is 1.24 bits per heavy atom. The van der Waals surface area contributed by atoms with Gasteiger partial charge in [0.1, 0.15) is 5.75 Å². The molecule has 2 aromatic carbocycles. The summed E-state index contributed by atoms with van der Waals surface area (Å²) in [6, 6.07) is 10.1. The quantitative estimate of drug-likeness (QED) is 0.609. The monoisotopic (exact) mass is 411 g/mol. The maximum atomic E-state index is 12.2. The van der Waals surface area contributed by atoms with E-state index < -0.39 is 0 Å². The van der Waals surface area contributed by atoms with Crippen LogP contribution in [0, 0.1) is 0 Å². The normalized spacial score (nSPS) is 10.5. The largest absolute Gasteiger partial charge is 0.495 e. The molecule has 9 heteroatoms. The van der Waals surface area contributed by atoms with Gasteiger partial charge < -0.3 is 10.1 Å². The second kappa shape index (κ2) is 7.53. The highest BCUT2D eigenvalue weighted by atomic mass is 35.5. The average Bonchev–Trinajstić information content (AvgIpc) is 2.95. The van der Waals surface area contributed by atoms with Crippen LogP contribution in [0.1, 0.15) is 10.4 Å². The van der Waals surface area contributed by atoms with Crippen molar-refractivity contribution in [2.24, 2.45) is 0 Å². The summed E-state index contributed by atoms with van der Waals surface area (Å²) < 4.78 is 5.98. The van der Waals surface area contributed by atoms with Crippen molar-refractivity contribution in [2.75, 3.05) is 12.4 Å². The molecule has 3 rings (SSSR count). The Morgan fingerprint density at radius 2 is 2.04 bits per heavy atom. The molecule has 1 heterocycles. The van der Waals surface area contributed by atoms with Crippen molar-refractivity contribution in [3.8, 4) is 5.75 Å². The summed E-state index contributed by atoms with van der Waals surface area (Å²) in [5.41, 5.74) is 1.17. The molecule has 0 aliphatic rings. The van der Waals surface area contributed by atoms with E-state index in [0.717, 1.165) is 10.2 Å². The number of nitrogens with zero attached hydrogens (tertiary/aromatic N) is 1. The predicted molar refractivity (Wildman–Crippen MR) is 106 cm³/mol. The molecule has 0 spiro atoms. The maximum absolute atomic E-state index is 12.2. The number of halogens is 2. The summed E-state index contributed by atoms with van der Waals surface area (Å²) in [6.07, 6.45) is 0. The van der Waals surface area contributed by atoms with Crippen molar-refractivity contribution in [3.63, 3.8) is 0 Å². The lowest BCUT2D eigenvalue weighted by Gasteiger charge is -2.08. The van der Waals surface area contributed by atoms with Crippen molar-refractivity contribution in [3.05, 3.63) is 52.0 Å². The molecule has 0 aliphatic heterocycles. The van der Waals surface area contributed by atoms with E-state index >= 15 is 0 Å². The summed E-state index contributed by atoms with van der Waals surface area (Å²) >= 11 is 18.5. The molecular formula is C16H11Cl2N3O2S2. The number of aromatic nitrogens is 1. The zero-order chi connectivity index (χ0) is 18.0. The minimum absolute atomic E-state index is 0.141. The van der Waals surface area contributed by atoms with E-state index in [1.54, 1.807) is 18.2 Å². The summed E-state index contributed by atoms with van der Waals surface area (Å²) in [4.78, 5) is 16.6. The molecular weight excluding hydrogens is 401 g/mol. The van der Waals surface area contributed by atoms with Gasteiger partial charge >= 0.3 is 0 Å². The molecule has 0 saturated heterocycles. The van der Waals surface area contributed by atoms with E-state index in [1.807, 2.05) is 12.1 Å². The Kier molecular flexibility index (Phi) is 5.39. The maximum Gasteiger partial charge on any atom is 0.257 e. The lowest BCUT2D eigenvalue weighted by atomic mass is 10.2. The average molecular weight is 412 g/mol. The van der Waals surface area contributed by atoms with Gasteiger partial charge in [-0.15, -0.1) is 0 Å². The Balaban J connectivity index is 1.68. The number of nitrogens with one attached hydrogen (secondary N) is 2. The number of thiazole rings is 1. The molecule has 0 bridgehead atoms. The standard InChI is InChI=1S/C16H11Cl2N3O2S2/c1-23-12-5-2-8(6-10(12)18)14(22)20-15(24)21-16-19-11-4-3-9(17)7-13(11)25-16/h2-7H,1H3,(H2,19,20,21,22,24). The van der Waals surface area contributed by atoms with Crippen LogP contribution < -0.4 is 15.4 Å². The number of amides is 1. The predicted octanol–water partition coefficient (Wildman–Crippen LogP) is 4.74. The third-order valence-electron chi connectivity index (χ3n) is 3.21. The van der Waals surface area contributed by atoms with Crippen molar-refractivity contribution in [2.45, 2.75) is 0 Å². The van der Waals surface area contributed by atoms with Gasteiger partial charge in [-0.3, -0.25) is 10.1 Å². The van der Waals surface area contributed by atoms with Crippen LogP contribution in [0.2, 0.25) is 10.0 Å². The fourth-order valence-electron chi connectivity index (χ4n) is 2.06.